The summed E-state index contributed by atoms with van der Waals surface area (Å²) in [5, 5.41) is 0. The van der Waals surface area contributed by atoms with Gasteiger partial charge in [0.15, 0.2) is 0 Å². The van der Waals surface area contributed by atoms with Crippen LogP contribution in [0.3, 0.4) is 0 Å². The Hall–Kier alpha value is -0.140. The van der Waals surface area contributed by atoms with E-state index in [0.29, 0.717) is 18.8 Å². The molecule has 0 aliphatic carbocycles. The maximum absolute atomic E-state index is 12.2. The Morgan fingerprint density at radius 1 is 1.18 bits per heavy atom. The van der Waals surface area contributed by atoms with Gasteiger partial charge in [-0.3, -0.25) is 0 Å². The van der Waals surface area contributed by atoms with Crippen LogP contribution in [0.4, 0.5) is 8.78 Å². The van der Waals surface area contributed by atoms with Crippen LogP contribution < -0.4 is 0 Å². The molecule has 0 aliphatic heterocycles. The van der Waals surface area contributed by atoms with Crippen molar-refractivity contribution in [3.63, 3.8) is 0 Å². The summed E-state index contributed by atoms with van der Waals surface area (Å²) in [4.78, 5) is 0. The smallest absolute Gasteiger partial charge is 0.210 e. The Bertz CT molecular complexity index is 89.6. The van der Waals surface area contributed by atoms with E-state index in [2.05, 4.69) is 0 Å². The van der Waals surface area contributed by atoms with E-state index < -0.39 is 6.43 Å². The van der Waals surface area contributed by atoms with E-state index in [1.54, 1.807) is 0 Å². The van der Waals surface area contributed by atoms with Gasteiger partial charge in [-0.15, -0.1) is 0 Å². The van der Waals surface area contributed by atoms with Crippen LogP contribution in [0, 0.1) is 11.8 Å². The Labute approximate surface area is 68.0 Å². The average molecular weight is 164 g/mol. The average Bonchev–Trinajstić information content (AvgIpc) is 1.86. The third kappa shape index (κ3) is 5.16. The molecule has 0 N–H and O–H groups in total. The van der Waals surface area contributed by atoms with Gasteiger partial charge in [-0.25, -0.2) is 8.78 Å². The normalized spacial score (nSPS) is 14.5. The summed E-state index contributed by atoms with van der Waals surface area (Å²) in [5.74, 6) is 0.0144. The van der Waals surface area contributed by atoms with Crippen molar-refractivity contribution in [3.8, 4) is 0 Å². The molecule has 0 nitrogen and oxygen atoms in total. The molecular formula is C9H18F2. The van der Waals surface area contributed by atoms with E-state index in [4.69, 9.17) is 0 Å². The first-order valence-corrected chi connectivity index (χ1v) is 4.36. The Balaban J connectivity index is 3.69. The summed E-state index contributed by atoms with van der Waals surface area (Å²) in [6.45, 7) is 5.94. The van der Waals surface area contributed by atoms with Crippen molar-refractivity contribution in [1.82, 2.24) is 0 Å². The lowest BCUT2D eigenvalue weighted by atomic mass is 9.94. The maximum atomic E-state index is 12.2. The highest BCUT2D eigenvalue weighted by molar-refractivity contribution is 4.62. The molecule has 0 rings (SSSR count). The number of hydrogen-bond acceptors (Lipinski definition) is 0. The lowest BCUT2D eigenvalue weighted by Gasteiger charge is -2.16. The Morgan fingerprint density at radius 2 is 1.73 bits per heavy atom. The molecule has 0 aliphatic rings. The van der Waals surface area contributed by atoms with Gasteiger partial charge in [0.25, 0.3) is 0 Å². The highest BCUT2D eigenvalue weighted by Gasteiger charge is 2.19. The molecule has 0 aromatic heterocycles. The summed E-state index contributed by atoms with van der Waals surface area (Å²) in [6.07, 6.45) is 0.0562. The third-order valence-electron chi connectivity index (χ3n) is 1.79. The number of alkyl halides is 2. The molecule has 0 spiro atoms. The molecule has 2 heteroatoms. The van der Waals surface area contributed by atoms with Crippen LogP contribution in [0.25, 0.3) is 0 Å². The number of rotatable bonds is 5. The maximum Gasteiger partial charge on any atom is 0.241 e. The first-order valence-electron chi connectivity index (χ1n) is 4.36. The number of halogens is 2. The first-order chi connectivity index (χ1) is 5.07. The topological polar surface area (TPSA) is 0 Å². The SMILES string of the molecule is CCCC(CC(C)C)C(F)F. The van der Waals surface area contributed by atoms with Gasteiger partial charge < -0.3 is 0 Å². The van der Waals surface area contributed by atoms with E-state index >= 15 is 0 Å². The molecule has 0 fully saturated rings. The van der Waals surface area contributed by atoms with E-state index in [9.17, 15) is 8.78 Å². The van der Waals surface area contributed by atoms with Crippen molar-refractivity contribution in [2.75, 3.05) is 0 Å². The summed E-state index contributed by atoms with van der Waals surface area (Å²) < 4.78 is 24.5. The zero-order valence-corrected chi connectivity index (χ0v) is 7.61. The fraction of sp³-hybridized carbons (Fsp3) is 1.00. The summed E-state index contributed by atoms with van der Waals surface area (Å²) in [7, 11) is 0. The predicted molar refractivity (Wildman–Crippen MR) is 43.9 cm³/mol. The van der Waals surface area contributed by atoms with Crippen molar-refractivity contribution >= 4 is 0 Å². The summed E-state index contributed by atoms with van der Waals surface area (Å²) in [5.41, 5.74) is 0. The highest BCUT2D eigenvalue weighted by Crippen LogP contribution is 2.23. The zero-order chi connectivity index (χ0) is 8.85. The predicted octanol–water partition coefficient (Wildman–Crippen LogP) is 3.71. The highest BCUT2D eigenvalue weighted by atomic mass is 19.3. The van der Waals surface area contributed by atoms with Gasteiger partial charge in [-0.05, 0) is 18.8 Å². The molecule has 0 saturated heterocycles. The summed E-state index contributed by atoms with van der Waals surface area (Å²) >= 11 is 0. The quantitative estimate of drug-likeness (QED) is 0.581. The molecule has 68 valence electrons. The lowest BCUT2D eigenvalue weighted by molar-refractivity contribution is 0.0601. The second-order valence-corrected chi connectivity index (χ2v) is 3.51. The minimum atomic E-state index is -2.13. The van der Waals surface area contributed by atoms with Crippen molar-refractivity contribution < 1.29 is 8.78 Å². The standard InChI is InChI=1S/C9H18F2/c1-4-5-8(9(10)11)6-7(2)3/h7-9H,4-6H2,1-3H3. The molecule has 1 atom stereocenters. The van der Waals surface area contributed by atoms with Crippen molar-refractivity contribution in [2.24, 2.45) is 11.8 Å². The van der Waals surface area contributed by atoms with Crippen molar-refractivity contribution in [3.05, 3.63) is 0 Å². The molecule has 0 heterocycles. The minimum Gasteiger partial charge on any atom is -0.210 e. The third-order valence-corrected chi connectivity index (χ3v) is 1.79. The van der Waals surface area contributed by atoms with Crippen molar-refractivity contribution in [1.29, 1.82) is 0 Å². The van der Waals surface area contributed by atoms with Crippen LogP contribution in [-0.4, -0.2) is 6.43 Å². The second kappa shape index (κ2) is 5.50. The first kappa shape index (κ1) is 10.9. The fourth-order valence-corrected chi connectivity index (χ4v) is 1.32. The fourth-order valence-electron chi connectivity index (χ4n) is 1.32. The molecule has 0 aromatic rings. The van der Waals surface area contributed by atoms with Crippen LogP contribution in [0.5, 0.6) is 0 Å². The van der Waals surface area contributed by atoms with E-state index in [1.807, 2.05) is 20.8 Å². The van der Waals surface area contributed by atoms with Gasteiger partial charge in [-0.1, -0.05) is 27.2 Å². The van der Waals surface area contributed by atoms with E-state index in [1.165, 1.54) is 0 Å². The van der Waals surface area contributed by atoms with Gasteiger partial charge in [0, 0.05) is 5.92 Å². The van der Waals surface area contributed by atoms with Crippen LogP contribution in [0.1, 0.15) is 40.0 Å². The van der Waals surface area contributed by atoms with E-state index in [0.717, 1.165) is 6.42 Å². The van der Waals surface area contributed by atoms with Crippen LogP contribution in [-0.2, 0) is 0 Å². The van der Waals surface area contributed by atoms with Crippen LogP contribution in [0.2, 0.25) is 0 Å². The minimum absolute atomic E-state index is 0.375. The monoisotopic (exact) mass is 164 g/mol. The molecular weight excluding hydrogens is 146 g/mol. The molecule has 0 aromatic carbocycles. The van der Waals surface area contributed by atoms with Gasteiger partial charge in [0.05, 0.1) is 0 Å². The zero-order valence-electron chi connectivity index (χ0n) is 7.61. The Kier molecular flexibility index (Phi) is 5.43. The lowest BCUT2D eigenvalue weighted by Crippen LogP contribution is -2.13. The van der Waals surface area contributed by atoms with Gasteiger partial charge in [0.2, 0.25) is 6.43 Å². The largest absolute Gasteiger partial charge is 0.241 e. The van der Waals surface area contributed by atoms with Gasteiger partial charge >= 0.3 is 0 Å². The molecule has 11 heavy (non-hydrogen) atoms. The van der Waals surface area contributed by atoms with Gasteiger partial charge in [-0.2, -0.15) is 0 Å². The molecule has 0 amide bonds. The van der Waals surface area contributed by atoms with E-state index in [-0.39, 0.29) is 5.92 Å². The van der Waals surface area contributed by atoms with Gasteiger partial charge in [0.1, 0.15) is 0 Å². The van der Waals surface area contributed by atoms with Crippen LogP contribution >= 0.6 is 0 Å². The Morgan fingerprint density at radius 3 is 2.00 bits per heavy atom. The second-order valence-electron chi connectivity index (χ2n) is 3.51. The molecule has 0 bridgehead atoms. The molecule has 0 radical (unpaired) electrons. The van der Waals surface area contributed by atoms with Crippen LogP contribution in [0.15, 0.2) is 0 Å². The molecule has 0 saturated carbocycles. The summed E-state index contributed by atoms with van der Waals surface area (Å²) in [6, 6.07) is 0. The number of hydrogen-bond donors (Lipinski definition) is 0. The van der Waals surface area contributed by atoms with Crippen molar-refractivity contribution in [2.45, 2.75) is 46.5 Å². The molecule has 1 unspecified atom stereocenters.